The number of imidazole rings is 1. The second kappa shape index (κ2) is 15.1. The van der Waals surface area contributed by atoms with Crippen molar-refractivity contribution in [2.24, 2.45) is 13.0 Å². The number of piperidine rings is 1. The molecule has 0 aliphatic carbocycles. The highest BCUT2D eigenvalue weighted by Gasteiger charge is 2.34. The SMILES string of the molecule is COCCn1ncc(-c2ccc(-c3cnc(C(=O)Nc4ccc(C(=O)N5CCC(CN6CC[N+](C)(C)CC6=O)CC5)c(Cl)c4)n3C)c(F)c2F)c1C. The van der Waals surface area contributed by atoms with Crippen LogP contribution in [-0.2, 0) is 23.1 Å². The van der Waals surface area contributed by atoms with Crippen LogP contribution in [-0.4, -0.2) is 118 Å². The van der Waals surface area contributed by atoms with Crippen LogP contribution in [0.1, 0.15) is 39.5 Å². The number of hydrogen-bond acceptors (Lipinski definition) is 6. The number of amides is 3. The molecular weight excluding hydrogens is 694 g/mol. The lowest BCUT2D eigenvalue weighted by molar-refractivity contribution is -0.885. The molecule has 2 aromatic carbocycles. The largest absolute Gasteiger partial charge is 0.383 e. The average molecular weight is 738 g/mol. The molecule has 0 saturated carbocycles. The lowest BCUT2D eigenvalue weighted by Crippen LogP contribution is -2.58. The van der Waals surface area contributed by atoms with Gasteiger partial charge in [-0.15, -0.1) is 0 Å². The third kappa shape index (κ3) is 7.59. The topological polar surface area (TPSA) is 115 Å². The molecule has 1 N–H and O–H groups in total. The molecular formula is C37H44ClF2N8O4+. The Morgan fingerprint density at radius 1 is 1.04 bits per heavy atom. The zero-order chi connectivity index (χ0) is 37.3. The zero-order valence-corrected chi connectivity index (χ0v) is 30.8. The Hall–Kier alpha value is -4.66. The molecule has 3 amide bonds. The summed E-state index contributed by atoms with van der Waals surface area (Å²) in [5, 5.41) is 7.18. The number of carbonyl (C=O) groups excluding carboxylic acids is 3. The van der Waals surface area contributed by atoms with E-state index < -0.39 is 17.5 Å². The van der Waals surface area contributed by atoms with E-state index in [1.54, 1.807) is 35.7 Å². The number of halogens is 3. The summed E-state index contributed by atoms with van der Waals surface area (Å²) >= 11 is 6.55. The van der Waals surface area contributed by atoms with Gasteiger partial charge in [0.05, 0.1) is 69.0 Å². The van der Waals surface area contributed by atoms with Gasteiger partial charge in [0.1, 0.15) is 0 Å². The van der Waals surface area contributed by atoms with Crippen LogP contribution in [0.5, 0.6) is 0 Å². The van der Waals surface area contributed by atoms with Gasteiger partial charge in [-0.1, -0.05) is 17.7 Å². The number of methoxy groups -OCH3 is 1. The van der Waals surface area contributed by atoms with Crippen LogP contribution in [0.3, 0.4) is 0 Å². The summed E-state index contributed by atoms with van der Waals surface area (Å²) in [5.74, 6) is -2.43. The minimum atomic E-state index is -1.08. The van der Waals surface area contributed by atoms with Crippen molar-refractivity contribution >= 4 is 35.0 Å². The fraction of sp³-hybridized carbons (Fsp3) is 0.432. The van der Waals surface area contributed by atoms with Crippen LogP contribution < -0.4 is 5.32 Å². The molecule has 2 aromatic heterocycles. The van der Waals surface area contributed by atoms with Crippen molar-refractivity contribution in [3.8, 4) is 22.4 Å². The molecule has 52 heavy (non-hydrogen) atoms. The fourth-order valence-corrected chi connectivity index (χ4v) is 7.21. The minimum Gasteiger partial charge on any atom is -0.383 e. The summed E-state index contributed by atoms with van der Waals surface area (Å²) < 4.78 is 39.8. The van der Waals surface area contributed by atoms with Gasteiger partial charge in [0, 0.05) is 61.9 Å². The van der Waals surface area contributed by atoms with Crippen molar-refractivity contribution in [1.82, 2.24) is 29.1 Å². The molecule has 4 heterocycles. The van der Waals surface area contributed by atoms with E-state index in [-0.39, 0.29) is 39.5 Å². The summed E-state index contributed by atoms with van der Waals surface area (Å²) in [6, 6.07) is 7.59. The lowest BCUT2D eigenvalue weighted by Gasteiger charge is -2.41. The van der Waals surface area contributed by atoms with Gasteiger partial charge in [0.2, 0.25) is 0 Å². The molecule has 4 aromatic rings. The maximum absolute atomic E-state index is 15.5. The lowest BCUT2D eigenvalue weighted by atomic mass is 9.95. The van der Waals surface area contributed by atoms with E-state index in [0.717, 1.165) is 25.9 Å². The molecule has 0 atom stereocenters. The predicted molar refractivity (Wildman–Crippen MR) is 193 cm³/mol. The van der Waals surface area contributed by atoms with Crippen LogP contribution in [0, 0.1) is 24.5 Å². The highest BCUT2D eigenvalue weighted by Crippen LogP contribution is 2.33. The van der Waals surface area contributed by atoms with Gasteiger partial charge in [-0.05, 0) is 49.9 Å². The predicted octanol–water partition coefficient (Wildman–Crippen LogP) is 4.86. The van der Waals surface area contributed by atoms with Crippen molar-refractivity contribution in [1.29, 1.82) is 0 Å². The van der Waals surface area contributed by atoms with Crippen molar-refractivity contribution in [3.63, 3.8) is 0 Å². The molecule has 0 radical (unpaired) electrons. The first-order valence-corrected chi connectivity index (χ1v) is 17.7. The Morgan fingerprint density at radius 3 is 2.44 bits per heavy atom. The molecule has 2 aliphatic rings. The first-order valence-electron chi connectivity index (χ1n) is 17.3. The number of hydrogen-bond donors (Lipinski definition) is 1. The summed E-state index contributed by atoms with van der Waals surface area (Å²) in [6.07, 6.45) is 4.40. The van der Waals surface area contributed by atoms with Gasteiger partial charge in [0.15, 0.2) is 24.0 Å². The molecule has 2 fully saturated rings. The number of quaternary nitrogens is 1. The monoisotopic (exact) mass is 737 g/mol. The second-order valence-corrected chi connectivity index (χ2v) is 14.6. The number of likely N-dealkylation sites (N-methyl/N-ethyl adjacent to an activating group) is 1. The van der Waals surface area contributed by atoms with E-state index in [4.69, 9.17) is 16.3 Å². The molecule has 0 bridgehead atoms. The first-order chi connectivity index (χ1) is 24.8. The maximum atomic E-state index is 15.5. The Labute approximate surface area is 306 Å². The third-order valence-electron chi connectivity index (χ3n) is 10.2. The highest BCUT2D eigenvalue weighted by molar-refractivity contribution is 6.34. The Morgan fingerprint density at radius 2 is 1.75 bits per heavy atom. The van der Waals surface area contributed by atoms with Crippen LogP contribution in [0.4, 0.5) is 14.5 Å². The van der Waals surface area contributed by atoms with Gasteiger partial charge < -0.3 is 28.9 Å². The van der Waals surface area contributed by atoms with E-state index in [2.05, 4.69) is 29.5 Å². The van der Waals surface area contributed by atoms with Gasteiger partial charge in [-0.2, -0.15) is 5.10 Å². The number of aromatic nitrogens is 4. The minimum absolute atomic E-state index is 0.0395. The van der Waals surface area contributed by atoms with Crippen molar-refractivity contribution in [2.45, 2.75) is 26.3 Å². The summed E-state index contributed by atoms with van der Waals surface area (Å²) in [6.45, 7) is 6.72. The molecule has 0 spiro atoms. The van der Waals surface area contributed by atoms with Crippen LogP contribution in [0.15, 0.2) is 42.7 Å². The van der Waals surface area contributed by atoms with E-state index in [0.29, 0.717) is 72.2 Å². The Balaban J connectivity index is 1.08. The first kappa shape index (κ1) is 37.1. The average Bonchev–Trinajstić information content (AvgIpc) is 3.67. The van der Waals surface area contributed by atoms with Crippen molar-refractivity contribution in [3.05, 3.63) is 76.5 Å². The van der Waals surface area contributed by atoms with Gasteiger partial charge in [-0.3, -0.25) is 19.1 Å². The third-order valence-corrected chi connectivity index (χ3v) is 10.5. The maximum Gasteiger partial charge on any atom is 0.291 e. The number of carbonyl (C=O) groups is 3. The van der Waals surface area contributed by atoms with Crippen molar-refractivity contribution in [2.75, 3.05) is 72.4 Å². The Kier molecular flexibility index (Phi) is 10.8. The van der Waals surface area contributed by atoms with E-state index in [9.17, 15) is 14.4 Å². The van der Waals surface area contributed by atoms with E-state index in [1.807, 2.05) is 4.90 Å². The number of piperazine rings is 1. The molecule has 6 rings (SSSR count). The molecule has 15 heteroatoms. The number of nitrogens with zero attached hydrogens (tertiary/aromatic N) is 7. The quantitative estimate of drug-likeness (QED) is 0.233. The summed E-state index contributed by atoms with van der Waals surface area (Å²) in [4.78, 5) is 47.2. The second-order valence-electron chi connectivity index (χ2n) is 14.2. The van der Waals surface area contributed by atoms with E-state index >= 15 is 8.78 Å². The number of rotatable bonds is 10. The number of ether oxygens (including phenoxy) is 1. The van der Waals surface area contributed by atoms with Crippen LogP contribution >= 0.6 is 11.6 Å². The normalized spacial score (nSPS) is 16.4. The molecule has 0 unspecified atom stereocenters. The molecule has 2 saturated heterocycles. The smallest absolute Gasteiger partial charge is 0.291 e. The van der Waals surface area contributed by atoms with Gasteiger partial charge in [0.25, 0.3) is 17.7 Å². The molecule has 276 valence electrons. The molecule has 2 aliphatic heterocycles. The fourth-order valence-electron chi connectivity index (χ4n) is 6.95. The summed E-state index contributed by atoms with van der Waals surface area (Å²) in [7, 11) is 7.25. The standard InChI is InChI=1S/C37H43ClF2N8O4/c1-23-29(19-42-47(23)15-17-52-5)26-8-9-28(34(40)33(26)39)31-20-41-35(44(31)2)36(50)43-25-6-7-27(30(38)18-25)37(51)45-12-10-24(11-13-45)21-46-14-16-48(3,4)22-32(46)49/h6-9,18-20,24H,10-17,21-22H2,1-5H3/p+1. The number of benzene rings is 2. The number of anilines is 1. The Bertz CT molecular complexity index is 2000. The highest BCUT2D eigenvalue weighted by atomic mass is 35.5. The molecule has 12 nitrogen and oxygen atoms in total. The van der Waals surface area contributed by atoms with Gasteiger partial charge in [-0.25, -0.2) is 13.8 Å². The van der Waals surface area contributed by atoms with Crippen molar-refractivity contribution < 1.29 is 32.4 Å². The number of nitrogens with one attached hydrogen (secondary N) is 1. The zero-order valence-electron chi connectivity index (χ0n) is 30.1. The van der Waals surface area contributed by atoms with E-state index in [1.165, 1.54) is 42.2 Å². The number of likely N-dealkylation sites (tertiary alicyclic amines) is 1. The summed E-state index contributed by atoms with van der Waals surface area (Å²) in [5.41, 5.74) is 2.01. The van der Waals surface area contributed by atoms with Crippen LogP contribution in [0.2, 0.25) is 5.02 Å². The van der Waals surface area contributed by atoms with Crippen LogP contribution in [0.25, 0.3) is 22.4 Å². The van der Waals surface area contributed by atoms with Gasteiger partial charge >= 0.3 is 0 Å².